The van der Waals surface area contributed by atoms with Crippen LogP contribution in [0, 0.1) is 5.92 Å². The molecule has 1 aromatic carbocycles. The molecule has 0 aliphatic carbocycles. The molecule has 188 valence electrons. The summed E-state index contributed by atoms with van der Waals surface area (Å²) in [7, 11) is 0. The number of thiol groups is 1. The van der Waals surface area contributed by atoms with Crippen LogP contribution in [0.4, 0.5) is 0 Å². The number of hydrogen-bond donors (Lipinski definition) is 5. The molecule has 5 atom stereocenters. The summed E-state index contributed by atoms with van der Waals surface area (Å²) in [5.41, 5.74) is 7.18. The van der Waals surface area contributed by atoms with Crippen LogP contribution >= 0.6 is 24.4 Å². The zero-order chi connectivity index (χ0) is 24.8. The summed E-state index contributed by atoms with van der Waals surface area (Å²) in [6.45, 7) is 8.06. The molecule has 1 aromatic rings. The highest BCUT2D eigenvalue weighted by Crippen LogP contribution is 2.15. The van der Waals surface area contributed by atoms with Crippen molar-refractivity contribution in [1.29, 1.82) is 0 Å². The van der Waals surface area contributed by atoms with Crippen molar-refractivity contribution < 1.29 is 14.7 Å². The predicted molar refractivity (Wildman–Crippen MR) is 142 cm³/mol. The molecule has 1 amide bonds. The number of hydrogen-bond acceptors (Lipinski definition) is 7. The molecule has 1 rings (SSSR count). The number of thioether (sulfide) groups is 1. The largest absolute Gasteiger partial charge is 0.480 e. The first-order chi connectivity index (χ1) is 15.7. The Hall–Kier alpha value is -1.26. The van der Waals surface area contributed by atoms with Gasteiger partial charge in [0.25, 0.3) is 0 Å². The average molecular weight is 499 g/mol. The van der Waals surface area contributed by atoms with E-state index in [1.807, 2.05) is 43.5 Å². The standard InChI is InChI=1S/C24H42N4O3S2/c1-5-17(2)22(26-13-20(25)16-32)15-28(14-19-9-7-6-8-10-19)18(3)23(29)27-21(24(30)31)11-12-33-4/h6-10,17-18,20-22,26,32H,5,11-16,25H2,1-4H3,(H,27,29)(H,30,31)/t17-,18-,20+,21-,22-/m0/s1. The number of amides is 1. The summed E-state index contributed by atoms with van der Waals surface area (Å²) in [5.74, 6) is 0.372. The first-order valence-corrected chi connectivity index (χ1v) is 13.7. The molecule has 7 nitrogen and oxygen atoms in total. The molecule has 0 aliphatic heterocycles. The Morgan fingerprint density at radius 2 is 1.91 bits per heavy atom. The molecule has 0 heterocycles. The minimum Gasteiger partial charge on any atom is -0.480 e. The molecule has 0 bridgehead atoms. The number of nitrogens with two attached hydrogens (primary N) is 1. The summed E-state index contributed by atoms with van der Waals surface area (Å²) in [4.78, 5) is 26.9. The lowest BCUT2D eigenvalue weighted by Gasteiger charge is -2.35. The van der Waals surface area contributed by atoms with Crippen molar-refractivity contribution in [3.05, 3.63) is 35.9 Å². The van der Waals surface area contributed by atoms with Gasteiger partial charge in [0.05, 0.1) is 6.04 Å². The first kappa shape index (κ1) is 29.8. The van der Waals surface area contributed by atoms with Gasteiger partial charge in [-0.15, -0.1) is 0 Å². The van der Waals surface area contributed by atoms with Crippen LogP contribution in [-0.4, -0.2) is 76.9 Å². The van der Waals surface area contributed by atoms with Gasteiger partial charge < -0.3 is 21.5 Å². The number of nitrogens with zero attached hydrogens (tertiary/aromatic N) is 1. The molecule has 0 fully saturated rings. The number of nitrogens with one attached hydrogen (secondary N) is 2. The summed E-state index contributed by atoms with van der Waals surface area (Å²) in [6, 6.07) is 8.72. The topological polar surface area (TPSA) is 108 Å². The van der Waals surface area contributed by atoms with Crippen molar-refractivity contribution in [3.8, 4) is 0 Å². The molecular formula is C24H42N4O3S2. The number of benzene rings is 1. The Morgan fingerprint density at radius 1 is 1.24 bits per heavy atom. The van der Waals surface area contributed by atoms with E-state index in [4.69, 9.17) is 5.73 Å². The molecule has 0 aromatic heterocycles. The molecule has 9 heteroatoms. The zero-order valence-corrected chi connectivity index (χ0v) is 22.1. The fraction of sp³-hybridized carbons (Fsp3) is 0.667. The van der Waals surface area contributed by atoms with Gasteiger partial charge in [-0.3, -0.25) is 9.69 Å². The Bertz CT molecular complexity index is 696. The Morgan fingerprint density at radius 3 is 2.45 bits per heavy atom. The van der Waals surface area contributed by atoms with Gasteiger partial charge in [0.2, 0.25) is 5.91 Å². The van der Waals surface area contributed by atoms with Gasteiger partial charge >= 0.3 is 5.97 Å². The highest BCUT2D eigenvalue weighted by Gasteiger charge is 2.29. The van der Waals surface area contributed by atoms with Crippen LogP contribution in [0.3, 0.4) is 0 Å². The molecule has 0 saturated carbocycles. The summed E-state index contributed by atoms with van der Waals surface area (Å²) < 4.78 is 0. The summed E-state index contributed by atoms with van der Waals surface area (Å²) in [6.07, 6.45) is 3.31. The number of carbonyl (C=O) groups is 2. The van der Waals surface area contributed by atoms with Gasteiger partial charge in [0.1, 0.15) is 6.04 Å². The van der Waals surface area contributed by atoms with Crippen molar-refractivity contribution in [2.45, 2.75) is 64.3 Å². The van der Waals surface area contributed by atoms with E-state index in [-0.39, 0.29) is 18.0 Å². The van der Waals surface area contributed by atoms with E-state index in [0.717, 1.165) is 12.0 Å². The van der Waals surface area contributed by atoms with Gasteiger partial charge in [-0.2, -0.15) is 24.4 Å². The maximum Gasteiger partial charge on any atom is 0.326 e. The van der Waals surface area contributed by atoms with Crippen molar-refractivity contribution in [2.75, 3.05) is 30.9 Å². The fourth-order valence-corrected chi connectivity index (χ4v) is 4.08. The van der Waals surface area contributed by atoms with E-state index in [1.165, 1.54) is 0 Å². The number of rotatable bonds is 17. The van der Waals surface area contributed by atoms with E-state index in [1.54, 1.807) is 11.8 Å². The smallest absolute Gasteiger partial charge is 0.326 e. The maximum absolute atomic E-state index is 13.1. The lowest BCUT2D eigenvalue weighted by Crippen LogP contribution is -2.55. The monoisotopic (exact) mass is 498 g/mol. The SMILES string of the molecule is CC[C@H](C)[C@H](CN(Cc1ccccc1)[C@@H](C)C(=O)N[C@@H](CCSC)C(=O)O)NC[C@@H](N)CS. The third-order valence-corrected chi connectivity index (χ3v) is 7.13. The van der Waals surface area contributed by atoms with Crippen LogP contribution < -0.4 is 16.4 Å². The highest BCUT2D eigenvalue weighted by molar-refractivity contribution is 7.98. The number of carbonyl (C=O) groups excluding carboxylic acids is 1. The van der Waals surface area contributed by atoms with E-state index < -0.39 is 18.1 Å². The van der Waals surface area contributed by atoms with Crippen molar-refractivity contribution in [2.24, 2.45) is 11.7 Å². The number of carboxylic acid groups (broad SMARTS) is 1. The zero-order valence-electron chi connectivity index (χ0n) is 20.4. The van der Waals surface area contributed by atoms with Gasteiger partial charge in [-0.05, 0) is 36.8 Å². The molecule has 33 heavy (non-hydrogen) atoms. The van der Waals surface area contributed by atoms with Crippen molar-refractivity contribution in [3.63, 3.8) is 0 Å². The van der Waals surface area contributed by atoms with E-state index in [2.05, 4.69) is 42.0 Å². The Labute approximate surface area is 209 Å². The van der Waals surface area contributed by atoms with E-state index in [0.29, 0.717) is 43.5 Å². The van der Waals surface area contributed by atoms with E-state index >= 15 is 0 Å². The van der Waals surface area contributed by atoms with Crippen LogP contribution in [0.25, 0.3) is 0 Å². The Kier molecular flexibility index (Phi) is 14.8. The second kappa shape index (κ2) is 16.4. The third kappa shape index (κ3) is 11.1. The molecule has 5 N–H and O–H groups in total. The minimum atomic E-state index is -1.00. The molecule has 0 unspecified atom stereocenters. The second-order valence-corrected chi connectivity index (χ2v) is 9.97. The van der Waals surface area contributed by atoms with Crippen LogP contribution in [0.5, 0.6) is 0 Å². The van der Waals surface area contributed by atoms with Crippen LogP contribution in [0.1, 0.15) is 39.2 Å². The lowest BCUT2D eigenvalue weighted by atomic mass is 9.97. The van der Waals surface area contributed by atoms with Crippen LogP contribution in [0.2, 0.25) is 0 Å². The molecule has 0 radical (unpaired) electrons. The van der Waals surface area contributed by atoms with Crippen LogP contribution in [0.15, 0.2) is 30.3 Å². The molecule has 0 spiro atoms. The van der Waals surface area contributed by atoms with E-state index in [9.17, 15) is 14.7 Å². The second-order valence-electron chi connectivity index (χ2n) is 8.61. The fourth-order valence-electron chi connectivity index (χ4n) is 3.48. The van der Waals surface area contributed by atoms with Crippen LogP contribution in [-0.2, 0) is 16.1 Å². The van der Waals surface area contributed by atoms with Gasteiger partial charge in [0, 0.05) is 37.5 Å². The highest BCUT2D eigenvalue weighted by atomic mass is 32.2. The molecular weight excluding hydrogens is 456 g/mol. The first-order valence-electron chi connectivity index (χ1n) is 11.6. The van der Waals surface area contributed by atoms with Gasteiger partial charge in [-0.25, -0.2) is 4.79 Å². The summed E-state index contributed by atoms with van der Waals surface area (Å²) in [5, 5.41) is 15.9. The lowest BCUT2D eigenvalue weighted by molar-refractivity contribution is -0.142. The third-order valence-electron chi connectivity index (χ3n) is 6.02. The average Bonchev–Trinajstić information content (AvgIpc) is 2.82. The Balaban J connectivity index is 3.05. The number of aliphatic carboxylic acids is 1. The normalized spacial score (nSPS) is 16.1. The quantitative estimate of drug-likeness (QED) is 0.210. The van der Waals surface area contributed by atoms with Gasteiger partial charge in [0.15, 0.2) is 0 Å². The predicted octanol–water partition coefficient (Wildman–Crippen LogP) is 2.46. The number of carboxylic acids is 1. The van der Waals surface area contributed by atoms with Crippen molar-refractivity contribution in [1.82, 2.24) is 15.5 Å². The molecule has 0 saturated heterocycles. The van der Waals surface area contributed by atoms with Gasteiger partial charge in [-0.1, -0.05) is 50.6 Å². The van der Waals surface area contributed by atoms with Crippen molar-refractivity contribution >= 4 is 36.3 Å². The minimum absolute atomic E-state index is 0.0454. The summed E-state index contributed by atoms with van der Waals surface area (Å²) >= 11 is 5.85. The maximum atomic E-state index is 13.1. The molecule has 0 aliphatic rings.